The molecule has 138 valence electrons. The molecular formula is C14H12BrClN4O5S. The minimum absolute atomic E-state index is 0.0823. The van der Waals surface area contributed by atoms with Gasteiger partial charge in [-0.1, -0.05) is 27.5 Å². The summed E-state index contributed by atoms with van der Waals surface area (Å²) in [5.41, 5.74) is 1.23. The van der Waals surface area contributed by atoms with Gasteiger partial charge in [-0.25, -0.2) is 14.3 Å². The molecule has 0 heterocycles. The minimum atomic E-state index is -4.25. The van der Waals surface area contributed by atoms with Crippen molar-refractivity contribution in [1.82, 2.24) is 5.43 Å². The molecule has 3 N–H and O–H groups in total. The van der Waals surface area contributed by atoms with E-state index < -0.39 is 27.4 Å². The van der Waals surface area contributed by atoms with Crippen molar-refractivity contribution in [3.8, 4) is 0 Å². The molecule has 2 aromatic rings. The summed E-state index contributed by atoms with van der Waals surface area (Å²) in [6, 6.07) is 8.92. The normalized spacial score (nSPS) is 11.0. The van der Waals surface area contributed by atoms with Crippen LogP contribution >= 0.6 is 27.5 Å². The lowest BCUT2D eigenvalue weighted by atomic mass is 10.3. The number of benzene rings is 2. The average molecular weight is 464 g/mol. The molecule has 0 spiro atoms. The summed E-state index contributed by atoms with van der Waals surface area (Å²) >= 11 is 9.24. The fourth-order valence-electron chi connectivity index (χ4n) is 2.02. The number of anilines is 1. The smallest absolute Gasteiger partial charge is 0.271 e. The molecule has 0 aliphatic heterocycles. The topological polar surface area (TPSA) is 136 Å². The van der Waals surface area contributed by atoms with Crippen LogP contribution in [-0.2, 0) is 14.8 Å². The van der Waals surface area contributed by atoms with Crippen molar-refractivity contribution in [2.24, 2.45) is 5.84 Å². The number of nitrogens with one attached hydrogen (secondary N) is 1. The Kier molecular flexibility index (Phi) is 6.18. The molecular weight excluding hydrogens is 452 g/mol. The Morgan fingerprint density at radius 3 is 2.42 bits per heavy atom. The van der Waals surface area contributed by atoms with Crippen LogP contribution in [0.2, 0.25) is 5.02 Å². The largest absolute Gasteiger partial charge is 0.293 e. The van der Waals surface area contributed by atoms with Gasteiger partial charge in [0.25, 0.3) is 21.6 Å². The van der Waals surface area contributed by atoms with Crippen LogP contribution in [0.3, 0.4) is 0 Å². The molecule has 0 fully saturated rings. The molecule has 0 saturated heterocycles. The summed E-state index contributed by atoms with van der Waals surface area (Å²) < 4.78 is 27.3. The van der Waals surface area contributed by atoms with E-state index in [1.807, 2.05) is 5.43 Å². The van der Waals surface area contributed by atoms with Gasteiger partial charge in [0, 0.05) is 16.6 Å². The third kappa shape index (κ3) is 4.30. The molecule has 0 unspecified atom stereocenters. The van der Waals surface area contributed by atoms with Gasteiger partial charge in [-0.05, 0) is 30.3 Å². The van der Waals surface area contributed by atoms with Crippen molar-refractivity contribution >= 4 is 54.8 Å². The molecule has 0 atom stereocenters. The maximum Gasteiger partial charge on any atom is 0.271 e. The monoisotopic (exact) mass is 462 g/mol. The first-order chi connectivity index (χ1) is 12.2. The molecule has 0 aromatic heterocycles. The maximum absolute atomic E-state index is 13.0. The van der Waals surface area contributed by atoms with Crippen LogP contribution in [0.25, 0.3) is 0 Å². The number of nitrogens with two attached hydrogens (primary N) is 1. The molecule has 1 amide bonds. The lowest BCUT2D eigenvalue weighted by Gasteiger charge is -2.24. The molecule has 0 aliphatic carbocycles. The quantitative estimate of drug-likeness (QED) is 0.292. The van der Waals surface area contributed by atoms with Gasteiger partial charge in [-0.2, -0.15) is 0 Å². The molecule has 26 heavy (non-hydrogen) atoms. The number of rotatable bonds is 6. The van der Waals surface area contributed by atoms with Crippen LogP contribution in [-0.4, -0.2) is 25.8 Å². The van der Waals surface area contributed by atoms with Crippen molar-refractivity contribution in [2.75, 3.05) is 10.8 Å². The zero-order valence-electron chi connectivity index (χ0n) is 12.9. The molecule has 12 heteroatoms. The van der Waals surface area contributed by atoms with E-state index in [1.54, 1.807) is 0 Å². The molecule has 9 nitrogen and oxygen atoms in total. The van der Waals surface area contributed by atoms with Crippen LogP contribution in [0.15, 0.2) is 51.8 Å². The average Bonchev–Trinajstić information content (AvgIpc) is 2.60. The van der Waals surface area contributed by atoms with E-state index in [-0.39, 0.29) is 21.3 Å². The van der Waals surface area contributed by atoms with E-state index in [0.717, 1.165) is 12.1 Å². The third-order valence-electron chi connectivity index (χ3n) is 3.26. The van der Waals surface area contributed by atoms with E-state index in [1.165, 1.54) is 30.3 Å². The van der Waals surface area contributed by atoms with E-state index in [4.69, 9.17) is 17.4 Å². The highest BCUT2D eigenvalue weighted by Crippen LogP contribution is 2.33. The zero-order valence-corrected chi connectivity index (χ0v) is 16.1. The number of nitro groups is 1. The lowest BCUT2D eigenvalue weighted by Crippen LogP contribution is -2.43. The summed E-state index contributed by atoms with van der Waals surface area (Å²) in [7, 11) is -4.25. The van der Waals surface area contributed by atoms with Gasteiger partial charge in [-0.15, -0.1) is 0 Å². The van der Waals surface area contributed by atoms with Crippen molar-refractivity contribution in [3.63, 3.8) is 0 Å². The highest BCUT2D eigenvalue weighted by Gasteiger charge is 2.29. The van der Waals surface area contributed by atoms with Crippen molar-refractivity contribution in [3.05, 3.63) is 62.1 Å². The highest BCUT2D eigenvalue weighted by molar-refractivity contribution is 9.10. The van der Waals surface area contributed by atoms with Crippen LogP contribution in [0, 0.1) is 10.1 Å². The first-order valence-electron chi connectivity index (χ1n) is 6.88. The Morgan fingerprint density at radius 2 is 1.88 bits per heavy atom. The molecule has 2 aromatic carbocycles. The molecule has 0 saturated carbocycles. The highest BCUT2D eigenvalue weighted by atomic mass is 79.9. The van der Waals surface area contributed by atoms with E-state index in [2.05, 4.69) is 15.9 Å². The number of hydrazine groups is 1. The Balaban J connectivity index is 2.64. The second kappa shape index (κ2) is 7.99. The van der Waals surface area contributed by atoms with E-state index in [9.17, 15) is 23.3 Å². The lowest BCUT2D eigenvalue weighted by molar-refractivity contribution is -0.384. The second-order valence-corrected chi connectivity index (χ2v) is 8.11. The number of nitro benzene ring substituents is 1. The first kappa shape index (κ1) is 20.1. The number of hydrogen-bond acceptors (Lipinski definition) is 6. The number of hydrogen-bond donors (Lipinski definition) is 2. The van der Waals surface area contributed by atoms with Gasteiger partial charge in [0.05, 0.1) is 20.5 Å². The molecule has 0 aliphatic rings. The summed E-state index contributed by atoms with van der Waals surface area (Å²) in [6.07, 6.45) is 0. The number of carbonyl (C=O) groups is 1. The van der Waals surface area contributed by atoms with Crippen LogP contribution in [0.4, 0.5) is 11.4 Å². The number of carbonyl (C=O) groups excluding carboxylic acids is 1. The van der Waals surface area contributed by atoms with Gasteiger partial charge in [-0.3, -0.25) is 24.6 Å². The predicted molar refractivity (Wildman–Crippen MR) is 99.1 cm³/mol. The second-order valence-electron chi connectivity index (χ2n) is 4.93. The Morgan fingerprint density at radius 1 is 1.27 bits per heavy atom. The first-order valence-corrected chi connectivity index (χ1v) is 9.49. The van der Waals surface area contributed by atoms with Crippen molar-refractivity contribution in [1.29, 1.82) is 0 Å². The van der Waals surface area contributed by atoms with Gasteiger partial charge < -0.3 is 0 Å². The Hall–Kier alpha value is -2.21. The van der Waals surface area contributed by atoms with Gasteiger partial charge in [0.1, 0.15) is 6.54 Å². The predicted octanol–water partition coefficient (Wildman–Crippen LogP) is 2.20. The summed E-state index contributed by atoms with van der Waals surface area (Å²) in [4.78, 5) is 21.9. The fourth-order valence-corrected chi connectivity index (χ4v) is 3.98. The SMILES string of the molecule is NNC(=O)CN(c1cc([N+](=O)[O-])ccc1Cl)S(=O)(=O)c1ccc(Br)cc1. The molecule has 0 radical (unpaired) electrons. The fraction of sp³-hybridized carbons (Fsp3) is 0.0714. The van der Waals surface area contributed by atoms with Gasteiger partial charge in [0.2, 0.25) is 0 Å². The minimum Gasteiger partial charge on any atom is -0.293 e. The summed E-state index contributed by atoms with van der Waals surface area (Å²) in [5.74, 6) is 4.22. The van der Waals surface area contributed by atoms with Gasteiger partial charge >= 0.3 is 0 Å². The number of sulfonamides is 1. The third-order valence-corrected chi connectivity index (χ3v) is 5.88. The van der Waals surface area contributed by atoms with E-state index in [0.29, 0.717) is 8.78 Å². The van der Waals surface area contributed by atoms with E-state index >= 15 is 0 Å². The summed E-state index contributed by atoms with van der Waals surface area (Å²) in [5, 5.41) is 10.9. The van der Waals surface area contributed by atoms with Crippen LogP contribution < -0.4 is 15.6 Å². The maximum atomic E-state index is 13.0. The zero-order chi connectivity index (χ0) is 19.5. The Labute approximate surface area is 162 Å². The van der Waals surface area contributed by atoms with Gasteiger partial charge in [0.15, 0.2) is 0 Å². The number of non-ortho nitro benzene ring substituents is 1. The Bertz CT molecular complexity index is 952. The molecule has 2 rings (SSSR count). The van der Waals surface area contributed by atoms with Crippen LogP contribution in [0.5, 0.6) is 0 Å². The molecule has 0 bridgehead atoms. The number of halogens is 2. The van der Waals surface area contributed by atoms with Crippen molar-refractivity contribution in [2.45, 2.75) is 4.90 Å². The van der Waals surface area contributed by atoms with Crippen molar-refractivity contribution < 1.29 is 18.1 Å². The summed E-state index contributed by atoms with van der Waals surface area (Å²) in [6.45, 7) is -0.713. The number of nitrogens with zero attached hydrogens (tertiary/aromatic N) is 2. The number of amides is 1. The van der Waals surface area contributed by atoms with Crippen LogP contribution in [0.1, 0.15) is 0 Å². The standard InChI is InChI=1S/C14H12BrClN4O5S/c15-9-1-4-11(5-2-9)26(24,25)19(8-14(21)18-17)13-7-10(20(22)23)3-6-12(13)16/h1-7H,8,17H2,(H,18,21).